The molecule has 3 N–H and O–H groups in total. The van der Waals surface area contributed by atoms with E-state index in [1.54, 1.807) is 12.1 Å². The van der Waals surface area contributed by atoms with Crippen molar-refractivity contribution in [2.45, 2.75) is 32.2 Å². The number of rotatable bonds is 3. The highest BCUT2D eigenvalue weighted by molar-refractivity contribution is 6.05. The highest BCUT2D eigenvalue weighted by Gasteiger charge is 2.23. The second-order valence-electron chi connectivity index (χ2n) is 4.42. The van der Waals surface area contributed by atoms with Gasteiger partial charge in [0, 0.05) is 12.5 Å². The van der Waals surface area contributed by atoms with Crippen molar-refractivity contribution < 1.29 is 14.7 Å². The molecule has 1 aromatic carbocycles. The standard InChI is InChI=1S/C13H16N2O3/c1-2-4-8-7-11(16)15-12-9(13(17)18)5-3-6-10(12)14-8/h3,5-6,8,14H,2,4,7H2,1H3,(H,15,16)(H,17,18). The molecule has 5 heteroatoms. The van der Waals surface area contributed by atoms with Crippen molar-refractivity contribution in [3.63, 3.8) is 0 Å². The number of fused-ring (bicyclic) bond motifs is 1. The van der Waals surface area contributed by atoms with Crippen LogP contribution in [0.5, 0.6) is 0 Å². The molecular weight excluding hydrogens is 232 g/mol. The lowest BCUT2D eigenvalue weighted by molar-refractivity contribution is -0.116. The Kier molecular flexibility index (Phi) is 3.50. The zero-order valence-corrected chi connectivity index (χ0v) is 10.2. The smallest absolute Gasteiger partial charge is 0.337 e. The third kappa shape index (κ3) is 2.45. The van der Waals surface area contributed by atoms with E-state index in [1.165, 1.54) is 6.07 Å². The van der Waals surface area contributed by atoms with Crippen LogP contribution in [-0.4, -0.2) is 23.0 Å². The van der Waals surface area contributed by atoms with Crippen LogP contribution in [0, 0.1) is 0 Å². The molecule has 96 valence electrons. The van der Waals surface area contributed by atoms with Crippen molar-refractivity contribution in [2.24, 2.45) is 0 Å². The lowest BCUT2D eigenvalue weighted by atomic mass is 10.1. The third-order valence-corrected chi connectivity index (χ3v) is 2.99. The summed E-state index contributed by atoms with van der Waals surface area (Å²) >= 11 is 0. The zero-order valence-electron chi connectivity index (χ0n) is 10.2. The van der Waals surface area contributed by atoms with Crippen molar-refractivity contribution >= 4 is 23.3 Å². The van der Waals surface area contributed by atoms with Gasteiger partial charge in [0.05, 0.1) is 16.9 Å². The average Bonchev–Trinajstić information content (AvgIpc) is 2.46. The number of carbonyl (C=O) groups is 2. The molecule has 1 unspecified atom stereocenters. The van der Waals surface area contributed by atoms with E-state index in [0.29, 0.717) is 17.8 Å². The normalized spacial score (nSPS) is 18.3. The quantitative estimate of drug-likeness (QED) is 0.767. The van der Waals surface area contributed by atoms with Gasteiger partial charge in [-0.1, -0.05) is 19.4 Å². The minimum absolute atomic E-state index is 0.0558. The molecule has 18 heavy (non-hydrogen) atoms. The number of nitrogens with one attached hydrogen (secondary N) is 2. The van der Waals surface area contributed by atoms with Gasteiger partial charge in [0.1, 0.15) is 0 Å². The molecular formula is C13H16N2O3. The third-order valence-electron chi connectivity index (χ3n) is 2.99. The summed E-state index contributed by atoms with van der Waals surface area (Å²) in [5.74, 6) is -1.18. The number of benzene rings is 1. The Balaban J connectivity index is 2.40. The van der Waals surface area contributed by atoms with Gasteiger partial charge in [-0.15, -0.1) is 0 Å². The number of anilines is 2. The predicted octanol–water partition coefficient (Wildman–Crippen LogP) is 2.31. The van der Waals surface area contributed by atoms with Crippen LogP contribution in [0.4, 0.5) is 11.4 Å². The molecule has 0 bridgehead atoms. The Morgan fingerprint density at radius 3 is 2.94 bits per heavy atom. The van der Waals surface area contributed by atoms with Crippen LogP contribution >= 0.6 is 0 Å². The highest BCUT2D eigenvalue weighted by Crippen LogP contribution is 2.30. The molecule has 5 nitrogen and oxygen atoms in total. The van der Waals surface area contributed by atoms with Gasteiger partial charge in [0.25, 0.3) is 0 Å². The fourth-order valence-electron chi connectivity index (χ4n) is 2.19. The number of hydrogen-bond donors (Lipinski definition) is 3. The van der Waals surface area contributed by atoms with Gasteiger partial charge >= 0.3 is 5.97 Å². The molecule has 0 saturated heterocycles. The first-order valence-corrected chi connectivity index (χ1v) is 6.04. The van der Waals surface area contributed by atoms with E-state index < -0.39 is 5.97 Å². The second-order valence-corrected chi connectivity index (χ2v) is 4.42. The van der Waals surface area contributed by atoms with Crippen molar-refractivity contribution in [3.05, 3.63) is 23.8 Å². The Morgan fingerprint density at radius 2 is 2.28 bits per heavy atom. The van der Waals surface area contributed by atoms with Crippen molar-refractivity contribution in [1.29, 1.82) is 0 Å². The largest absolute Gasteiger partial charge is 0.478 e. The summed E-state index contributed by atoms with van der Waals surface area (Å²) in [6, 6.07) is 5.01. The molecule has 0 fully saturated rings. The first-order chi connectivity index (χ1) is 8.61. The predicted molar refractivity (Wildman–Crippen MR) is 69.0 cm³/mol. The molecule has 1 aliphatic rings. The van der Waals surface area contributed by atoms with Crippen LogP contribution in [-0.2, 0) is 4.79 Å². The van der Waals surface area contributed by atoms with Crippen LogP contribution in [0.2, 0.25) is 0 Å². The van der Waals surface area contributed by atoms with Crippen molar-refractivity contribution in [2.75, 3.05) is 10.6 Å². The molecule has 1 aromatic rings. The Morgan fingerprint density at radius 1 is 1.50 bits per heavy atom. The topological polar surface area (TPSA) is 78.4 Å². The fraction of sp³-hybridized carbons (Fsp3) is 0.385. The number of carboxylic acids is 1. The summed E-state index contributed by atoms with van der Waals surface area (Å²) in [6.45, 7) is 2.05. The maximum absolute atomic E-state index is 11.8. The summed E-state index contributed by atoms with van der Waals surface area (Å²) < 4.78 is 0. The molecule has 1 aliphatic heterocycles. The Hall–Kier alpha value is -2.04. The molecule has 2 rings (SSSR count). The minimum atomic E-state index is -1.04. The molecule has 1 atom stereocenters. The van der Waals surface area contributed by atoms with E-state index in [2.05, 4.69) is 17.6 Å². The number of hydrogen-bond acceptors (Lipinski definition) is 3. The van der Waals surface area contributed by atoms with E-state index in [9.17, 15) is 9.59 Å². The highest BCUT2D eigenvalue weighted by atomic mass is 16.4. The molecule has 1 heterocycles. The molecule has 0 saturated carbocycles. The molecule has 1 amide bonds. The Bertz CT molecular complexity index is 485. The lowest BCUT2D eigenvalue weighted by Gasteiger charge is -2.16. The van der Waals surface area contributed by atoms with Gasteiger partial charge in [-0.25, -0.2) is 4.79 Å². The van der Waals surface area contributed by atoms with E-state index in [4.69, 9.17) is 5.11 Å². The lowest BCUT2D eigenvalue weighted by Crippen LogP contribution is -2.22. The molecule has 0 aliphatic carbocycles. The van der Waals surface area contributed by atoms with E-state index in [-0.39, 0.29) is 17.5 Å². The minimum Gasteiger partial charge on any atom is -0.478 e. The van der Waals surface area contributed by atoms with Gasteiger partial charge in [0.15, 0.2) is 0 Å². The number of amides is 1. The second kappa shape index (κ2) is 5.08. The first kappa shape index (κ1) is 12.4. The van der Waals surface area contributed by atoms with Crippen molar-refractivity contribution in [3.8, 4) is 0 Å². The number of carbonyl (C=O) groups excluding carboxylic acids is 1. The van der Waals surface area contributed by atoms with Gasteiger partial charge in [-0.2, -0.15) is 0 Å². The Labute approximate surface area is 105 Å². The summed E-state index contributed by atoms with van der Waals surface area (Å²) in [5, 5.41) is 15.0. The number of carboxylic acid groups (broad SMARTS) is 1. The monoisotopic (exact) mass is 248 g/mol. The molecule has 0 spiro atoms. The van der Waals surface area contributed by atoms with Gasteiger partial charge < -0.3 is 15.7 Å². The number of para-hydroxylation sites is 1. The van der Waals surface area contributed by atoms with E-state index in [0.717, 1.165) is 12.8 Å². The maximum Gasteiger partial charge on any atom is 0.337 e. The summed E-state index contributed by atoms with van der Waals surface area (Å²) in [6.07, 6.45) is 2.21. The summed E-state index contributed by atoms with van der Waals surface area (Å²) in [7, 11) is 0. The van der Waals surface area contributed by atoms with Crippen LogP contribution in [0.3, 0.4) is 0 Å². The average molecular weight is 248 g/mol. The van der Waals surface area contributed by atoms with E-state index >= 15 is 0 Å². The SMILES string of the molecule is CCCC1CC(=O)Nc2c(cccc2C(=O)O)N1. The van der Waals surface area contributed by atoms with Crippen LogP contribution < -0.4 is 10.6 Å². The van der Waals surface area contributed by atoms with Crippen molar-refractivity contribution in [1.82, 2.24) is 0 Å². The maximum atomic E-state index is 11.8. The number of aromatic carboxylic acids is 1. The van der Waals surface area contributed by atoms with Gasteiger partial charge in [-0.05, 0) is 18.6 Å². The summed E-state index contributed by atoms with van der Waals surface area (Å²) in [4.78, 5) is 22.9. The van der Waals surface area contributed by atoms with E-state index in [1.807, 2.05) is 0 Å². The zero-order chi connectivity index (χ0) is 13.1. The fourth-order valence-corrected chi connectivity index (χ4v) is 2.19. The summed E-state index contributed by atoms with van der Waals surface area (Å²) in [5.41, 5.74) is 1.17. The first-order valence-electron chi connectivity index (χ1n) is 6.04. The van der Waals surface area contributed by atoms with Crippen LogP contribution in [0.1, 0.15) is 36.5 Å². The molecule has 0 radical (unpaired) electrons. The van der Waals surface area contributed by atoms with Gasteiger partial charge in [0.2, 0.25) is 5.91 Å². The molecule has 0 aromatic heterocycles. The van der Waals surface area contributed by atoms with Crippen LogP contribution in [0.25, 0.3) is 0 Å². The van der Waals surface area contributed by atoms with Gasteiger partial charge in [-0.3, -0.25) is 4.79 Å². The van der Waals surface area contributed by atoms with Crippen LogP contribution in [0.15, 0.2) is 18.2 Å².